The number of fused-ring (bicyclic) bond motifs is 5. The molecule has 2 bridgehead atoms. The summed E-state index contributed by atoms with van der Waals surface area (Å²) in [6.45, 7) is 3.84. The summed E-state index contributed by atoms with van der Waals surface area (Å²) in [5.41, 5.74) is 1.88. The van der Waals surface area contributed by atoms with Crippen molar-refractivity contribution < 1.29 is 19.1 Å². The van der Waals surface area contributed by atoms with E-state index in [1.54, 1.807) is 31.4 Å². The molecule has 2 aliphatic carbocycles. The Balaban J connectivity index is 1.63. The first-order valence-electron chi connectivity index (χ1n) is 12.3. The van der Waals surface area contributed by atoms with E-state index in [0.717, 1.165) is 22.3 Å². The molecule has 1 aliphatic heterocycles. The highest BCUT2D eigenvalue weighted by atomic mass is 16.5. The van der Waals surface area contributed by atoms with Crippen LogP contribution in [-0.4, -0.2) is 24.7 Å². The first-order valence-corrected chi connectivity index (χ1v) is 12.3. The van der Waals surface area contributed by atoms with Crippen LogP contribution < -0.4 is 9.64 Å². The SMILES string of the molecule is CC[C@@]12C(=O)[C@@](C)(C(c3ccccc3)=C1c1ccccc1)[C@H]1C(=O)N(c3cccc(OC)c3)C(=O)[C@@H]12. The van der Waals surface area contributed by atoms with Crippen molar-refractivity contribution in [1.82, 2.24) is 0 Å². The molecule has 5 nitrogen and oxygen atoms in total. The van der Waals surface area contributed by atoms with Crippen LogP contribution in [0.3, 0.4) is 0 Å². The zero-order valence-corrected chi connectivity index (χ0v) is 20.5. The predicted molar refractivity (Wildman–Crippen MR) is 138 cm³/mol. The number of hydrogen-bond donors (Lipinski definition) is 0. The van der Waals surface area contributed by atoms with Crippen LogP contribution in [0.4, 0.5) is 5.69 Å². The van der Waals surface area contributed by atoms with Crippen LogP contribution in [0.2, 0.25) is 0 Å². The van der Waals surface area contributed by atoms with Crippen LogP contribution in [-0.2, 0) is 14.4 Å². The second kappa shape index (κ2) is 7.76. The molecule has 0 unspecified atom stereocenters. The van der Waals surface area contributed by atoms with E-state index in [4.69, 9.17) is 4.74 Å². The van der Waals surface area contributed by atoms with Crippen molar-refractivity contribution in [3.63, 3.8) is 0 Å². The fourth-order valence-corrected chi connectivity index (χ4v) is 7.13. The fourth-order valence-electron chi connectivity index (χ4n) is 7.13. The molecule has 4 atom stereocenters. The van der Waals surface area contributed by atoms with Gasteiger partial charge < -0.3 is 4.74 Å². The highest BCUT2D eigenvalue weighted by Crippen LogP contribution is 2.74. The Bertz CT molecular complexity index is 1440. The highest BCUT2D eigenvalue weighted by molar-refractivity contribution is 6.34. The van der Waals surface area contributed by atoms with Gasteiger partial charge in [-0.2, -0.15) is 0 Å². The van der Waals surface area contributed by atoms with Crippen molar-refractivity contribution in [2.24, 2.45) is 22.7 Å². The number of anilines is 1. The molecular weight excluding hydrogens is 450 g/mol. The standard InChI is InChI=1S/C31H27NO4/c1-4-31-24(20-14-9-6-10-15-20)23(19-12-7-5-8-13-19)30(2,29(31)35)25-26(31)28(34)32(27(25)33)21-16-11-17-22(18-21)36-3/h5-18,25-26H,4H2,1-3H3/t25-,26-,30+,31-/m1/s1. The minimum atomic E-state index is -1.12. The Morgan fingerprint density at radius 3 is 1.94 bits per heavy atom. The van der Waals surface area contributed by atoms with E-state index in [9.17, 15) is 14.4 Å². The number of ether oxygens (including phenoxy) is 1. The summed E-state index contributed by atoms with van der Waals surface area (Å²) in [4.78, 5) is 44.0. The molecule has 3 aliphatic rings. The van der Waals surface area contributed by atoms with E-state index >= 15 is 0 Å². The molecule has 1 heterocycles. The smallest absolute Gasteiger partial charge is 0.239 e. The monoisotopic (exact) mass is 477 g/mol. The predicted octanol–water partition coefficient (Wildman–Crippen LogP) is 5.41. The molecule has 0 aromatic heterocycles. The number of hydrogen-bond acceptors (Lipinski definition) is 4. The molecule has 3 aromatic rings. The maximum atomic E-state index is 14.5. The number of carbonyl (C=O) groups is 3. The molecule has 2 fully saturated rings. The van der Waals surface area contributed by atoms with Gasteiger partial charge in [-0.1, -0.05) is 73.7 Å². The average Bonchev–Trinajstić information content (AvgIpc) is 3.39. The van der Waals surface area contributed by atoms with Crippen molar-refractivity contribution in [3.05, 3.63) is 96.1 Å². The lowest BCUT2D eigenvalue weighted by molar-refractivity contribution is -0.134. The molecule has 3 aromatic carbocycles. The van der Waals surface area contributed by atoms with Gasteiger partial charge in [0.25, 0.3) is 0 Å². The van der Waals surface area contributed by atoms with Gasteiger partial charge in [0.2, 0.25) is 11.8 Å². The molecule has 36 heavy (non-hydrogen) atoms. The molecule has 6 rings (SSSR count). The lowest BCUT2D eigenvalue weighted by Gasteiger charge is -2.37. The summed E-state index contributed by atoms with van der Waals surface area (Å²) >= 11 is 0. The van der Waals surface area contributed by atoms with Gasteiger partial charge in [-0.15, -0.1) is 0 Å². The van der Waals surface area contributed by atoms with Gasteiger partial charge >= 0.3 is 0 Å². The lowest BCUT2D eigenvalue weighted by atomic mass is 9.62. The third kappa shape index (κ3) is 2.58. The van der Waals surface area contributed by atoms with E-state index in [2.05, 4.69) is 0 Å². The maximum Gasteiger partial charge on any atom is 0.239 e. The second-order valence-electron chi connectivity index (χ2n) is 10.0. The number of methoxy groups -OCH3 is 1. The number of nitrogens with zero attached hydrogens (tertiary/aromatic N) is 1. The van der Waals surface area contributed by atoms with Crippen LogP contribution >= 0.6 is 0 Å². The Labute approximate surface area is 210 Å². The molecule has 1 saturated heterocycles. The lowest BCUT2D eigenvalue weighted by Crippen LogP contribution is -2.41. The van der Waals surface area contributed by atoms with E-state index in [1.807, 2.05) is 74.5 Å². The zero-order valence-electron chi connectivity index (χ0n) is 20.5. The molecular formula is C31H27NO4. The quantitative estimate of drug-likeness (QED) is 0.461. The number of rotatable bonds is 5. The van der Waals surface area contributed by atoms with E-state index < -0.39 is 22.7 Å². The van der Waals surface area contributed by atoms with E-state index in [-0.39, 0.29) is 17.6 Å². The number of allylic oxidation sites excluding steroid dienone is 2. The van der Waals surface area contributed by atoms with Gasteiger partial charge in [-0.25, -0.2) is 4.90 Å². The third-order valence-electron chi connectivity index (χ3n) is 8.55. The molecule has 2 amide bonds. The number of Topliss-reactive ketones (excluding diaryl/α,β-unsaturated/α-hetero) is 1. The van der Waals surface area contributed by atoms with Crippen LogP contribution in [0, 0.1) is 22.7 Å². The van der Waals surface area contributed by atoms with Gasteiger partial charge in [-0.05, 0) is 47.8 Å². The van der Waals surface area contributed by atoms with Gasteiger partial charge in [0.05, 0.1) is 35.5 Å². The normalized spacial score (nSPS) is 28.8. The molecule has 0 radical (unpaired) electrons. The van der Waals surface area contributed by atoms with Gasteiger partial charge in [0, 0.05) is 6.07 Å². The van der Waals surface area contributed by atoms with Crippen LogP contribution in [0.15, 0.2) is 84.9 Å². The number of imide groups is 1. The van der Waals surface area contributed by atoms with E-state index in [1.165, 1.54) is 4.90 Å². The minimum absolute atomic E-state index is 0.0165. The maximum absolute atomic E-state index is 14.5. The Morgan fingerprint density at radius 2 is 1.36 bits per heavy atom. The fraction of sp³-hybridized carbons (Fsp3) is 0.258. The largest absolute Gasteiger partial charge is 0.497 e. The van der Waals surface area contributed by atoms with E-state index in [0.29, 0.717) is 17.9 Å². The van der Waals surface area contributed by atoms with Crippen LogP contribution in [0.5, 0.6) is 5.75 Å². The van der Waals surface area contributed by atoms with Crippen molar-refractivity contribution in [2.45, 2.75) is 20.3 Å². The average molecular weight is 478 g/mol. The van der Waals surface area contributed by atoms with Crippen LogP contribution in [0.1, 0.15) is 31.4 Å². The summed E-state index contributed by atoms with van der Waals surface area (Å²) in [5, 5.41) is 0. The summed E-state index contributed by atoms with van der Waals surface area (Å²) in [7, 11) is 1.55. The molecule has 0 N–H and O–H groups in total. The number of carbonyl (C=O) groups excluding carboxylic acids is 3. The number of benzene rings is 3. The summed E-state index contributed by atoms with van der Waals surface area (Å²) < 4.78 is 5.35. The molecule has 180 valence electrons. The Morgan fingerprint density at radius 1 is 0.778 bits per heavy atom. The van der Waals surface area contributed by atoms with Gasteiger partial charge in [0.15, 0.2) is 5.78 Å². The Hall–Kier alpha value is -3.99. The second-order valence-corrected chi connectivity index (χ2v) is 10.0. The molecule has 1 saturated carbocycles. The van der Waals surface area contributed by atoms with Crippen molar-refractivity contribution >= 4 is 34.4 Å². The molecule has 0 spiro atoms. The minimum Gasteiger partial charge on any atom is -0.497 e. The third-order valence-corrected chi connectivity index (χ3v) is 8.55. The summed E-state index contributed by atoms with van der Waals surface area (Å²) in [6.07, 6.45) is 0.439. The summed E-state index contributed by atoms with van der Waals surface area (Å²) in [5.74, 6) is -1.58. The zero-order chi connectivity index (χ0) is 25.2. The highest BCUT2D eigenvalue weighted by Gasteiger charge is 2.79. The summed E-state index contributed by atoms with van der Waals surface area (Å²) in [6, 6.07) is 26.7. The number of ketones is 1. The number of amides is 2. The van der Waals surface area contributed by atoms with Crippen molar-refractivity contribution in [3.8, 4) is 5.75 Å². The Kier molecular flexibility index (Phi) is 4.84. The van der Waals surface area contributed by atoms with Crippen LogP contribution in [0.25, 0.3) is 11.1 Å². The first-order chi connectivity index (χ1) is 17.4. The van der Waals surface area contributed by atoms with Gasteiger partial charge in [-0.3, -0.25) is 14.4 Å². The molecule has 5 heteroatoms. The van der Waals surface area contributed by atoms with Crippen molar-refractivity contribution in [1.29, 1.82) is 0 Å². The first kappa shape index (κ1) is 22.5. The topological polar surface area (TPSA) is 63.7 Å². The van der Waals surface area contributed by atoms with Crippen molar-refractivity contribution in [2.75, 3.05) is 12.0 Å². The van der Waals surface area contributed by atoms with Gasteiger partial charge in [0.1, 0.15) is 5.75 Å².